The third-order valence-corrected chi connectivity index (χ3v) is 20.2. The number of anilines is 4. The highest BCUT2D eigenvalue weighted by Gasteiger charge is 2.50. The van der Waals surface area contributed by atoms with E-state index < -0.39 is 43.1 Å². The second kappa shape index (κ2) is 21.7. The normalized spacial score (nSPS) is 24.4. The molecule has 0 bridgehead atoms. The Balaban J connectivity index is 0.787. The largest absolute Gasteiger partial charge is 0.491 e. The summed E-state index contributed by atoms with van der Waals surface area (Å²) in [7, 11) is -1.40. The number of H-pyrrole nitrogens is 1. The van der Waals surface area contributed by atoms with Crippen LogP contribution in [0.2, 0.25) is 0 Å². The first-order chi connectivity index (χ1) is 38.6. The number of aromatic nitrogens is 3. The van der Waals surface area contributed by atoms with Crippen molar-refractivity contribution in [1.82, 2.24) is 29.5 Å². The van der Waals surface area contributed by atoms with Crippen LogP contribution in [0, 0.1) is 28.4 Å². The topological polar surface area (TPSA) is 230 Å². The van der Waals surface area contributed by atoms with Crippen LogP contribution in [0.1, 0.15) is 97.1 Å². The molecular formula is C58H70N10O10S2. The van der Waals surface area contributed by atoms with Gasteiger partial charge in [-0.05, 0) is 154 Å². The zero-order valence-electron chi connectivity index (χ0n) is 45.7. The van der Waals surface area contributed by atoms with Crippen LogP contribution < -0.4 is 34.0 Å². The first kappa shape index (κ1) is 54.0. The number of nitro benzene ring substituents is 1. The lowest BCUT2D eigenvalue weighted by Crippen LogP contribution is -2.59. The summed E-state index contributed by atoms with van der Waals surface area (Å²) >= 11 is 1.81. The summed E-state index contributed by atoms with van der Waals surface area (Å²) in [6.45, 7) is 10.5. The number of sulfonamides is 1. The van der Waals surface area contributed by atoms with E-state index in [0.717, 1.165) is 100 Å². The molecule has 4 aliphatic heterocycles. The van der Waals surface area contributed by atoms with E-state index in [4.69, 9.17) is 23.9 Å². The predicted octanol–water partition coefficient (Wildman–Crippen LogP) is 8.72. The van der Waals surface area contributed by atoms with Crippen molar-refractivity contribution in [2.75, 3.05) is 81.8 Å². The van der Waals surface area contributed by atoms with Crippen molar-refractivity contribution in [3.8, 4) is 17.5 Å². The highest BCUT2D eigenvalue weighted by Crippen LogP contribution is 2.54. The number of benzene rings is 2. The third kappa shape index (κ3) is 10.6. The number of thiophene rings is 1. The van der Waals surface area contributed by atoms with Crippen molar-refractivity contribution in [2.45, 2.75) is 113 Å². The molecule has 3 atom stereocenters. The molecule has 0 unspecified atom stereocenters. The van der Waals surface area contributed by atoms with Crippen molar-refractivity contribution in [3.63, 3.8) is 0 Å². The van der Waals surface area contributed by atoms with Crippen LogP contribution in [0.25, 0.3) is 11.0 Å². The first-order valence-electron chi connectivity index (χ1n) is 27.9. The summed E-state index contributed by atoms with van der Waals surface area (Å²) in [6, 6.07) is 17.9. The first-order valence-corrected chi connectivity index (χ1v) is 30.2. The number of hydrogen-bond donors (Lipinski definition) is 4. The van der Waals surface area contributed by atoms with Gasteiger partial charge in [0.05, 0.1) is 53.5 Å². The number of nitrogens with zero attached hydrogens (tertiary/aromatic N) is 7. The maximum atomic E-state index is 14.8. The Hall–Kier alpha value is -6.56. The van der Waals surface area contributed by atoms with Crippen LogP contribution >= 0.6 is 11.3 Å². The van der Waals surface area contributed by atoms with E-state index in [0.29, 0.717) is 79.6 Å². The van der Waals surface area contributed by atoms with Gasteiger partial charge in [0.25, 0.3) is 27.5 Å². The fourth-order valence-electron chi connectivity index (χ4n) is 13.4. The molecule has 4 N–H and O–H groups in total. The maximum Gasteiger partial charge on any atom is 0.293 e. The van der Waals surface area contributed by atoms with Crippen LogP contribution in [0.15, 0.2) is 83.3 Å². The van der Waals surface area contributed by atoms with Crippen LogP contribution in [-0.4, -0.2) is 140 Å². The average Bonchev–Trinajstić information content (AvgIpc) is 4.14. The molecule has 2 aromatic carbocycles. The molecule has 0 radical (unpaired) electrons. The molecule has 22 heteroatoms. The number of aromatic amines is 1. The van der Waals surface area contributed by atoms with Crippen LogP contribution in [0.3, 0.4) is 0 Å². The Morgan fingerprint density at radius 3 is 2.55 bits per heavy atom. The lowest BCUT2D eigenvalue weighted by Gasteiger charge is -2.58. The predicted molar refractivity (Wildman–Crippen MR) is 305 cm³/mol. The molecule has 20 nitrogen and oxygen atoms in total. The molecule has 2 saturated carbocycles. The fourth-order valence-corrected chi connectivity index (χ4v) is 15.2. The SMILES string of the molecule is COc1cc(CN2CCN(C3CC4(CCN(c5ccc(C(=O)NS(=O)(=O)c6ccc(NCC7CCC(C)(O)CC7)c([N+](=O)[O-])c6)c(N6c7cc8cc[nH]c8nc7O[C@H]7COCC[C@@H]76)c5)CC4)C3)[C@H](c3ccsc3C)C2)cnc1OC. The molecule has 5 fully saturated rings. The monoisotopic (exact) mass is 1130 g/mol. The Kier molecular flexibility index (Phi) is 14.7. The summed E-state index contributed by atoms with van der Waals surface area (Å²) < 4.78 is 54.3. The number of aryl methyl sites for hydroxylation is 1. The number of aliphatic hydroxyl groups is 1. The Morgan fingerprint density at radius 2 is 1.80 bits per heavy atom. The van der Waals surface area contributed by atoms with E-state index in [2.05, 4.69) is 58.0 Å². The van der Waals surface area contributed by atoms with Gasteiger partial charge in [-0.25, -0.2) is 18.1 Å². The number of fused-ring (bicyclic) bond motifs is 3. The molecule has 1 spiro atoms. The van der Waals surface area contributed by atoms with E-state index in [1.165, 1.54) is 22.6 Å². The fraction of sp³-hybridized carbons (Fsp3) is 0.500. The van der Waals surface area contributed by atoms with Crippen molar-refractivity contribution in [2.24, 2.45) is 11.3 Å². The van der Waals surface area contributed by atoms with Crippen molar-refractivity contribution >= 4 is 66.7 Å². The molecule has 12 rings (SSSR count). The minimum atomic E-state index is -4.64. The summed E-state index contributed by atoms with van der Waals surface area (Å²) in [5, 5.41) is 29.0. The second-order valence-electron chi connectivity index (χ2n) is 23.1. The number of hydrogen-bond acceptors (Lipinski definition) is 18. The van der Waals surface area contributed by atoms with E-state index in [9.17, 15) is 28.4 Å². The lowest BCUT2D eigenvalue weighted by atomic mass is 9.59. The summed E-state index contributed by atoms with van der Waals surface area (Å²) in [6.07, 6.45) is 10.9. The Labute approximate surface area is 470 Å². The highest BCUT2D eigenvalue weighted by atomic mass is 32.2. The molecule has 8 heterocycles. The highest BCUT2D eigenvalue weighted by molar-refractivity contribution is 7.90. The van der Waals surface area contributed by atoms with E-state index >= 15 is 0 Å². The standard InChI is InChI=1S/C58H70N10O10S2/c1-36-43(13-24-79-36)50-34-64(33-38-25-51(75-3)56(76-4)61-32-38)21-22-66(50)41-29-58(30-41)16-19-65(20-17-58)40-5-7-44(47(27-40)67-46-12-23-77-35-52(46)78-55-49(67)26-39-11-18-59-53(39)62-55)54(69)63-80(73,74)42-6-8-45(48(28-42)68(71)72)60-31-37-9-14-57(2,70)15-10-37/h5-8,11,13,18,24-28,32,37,41,46,50,52,60,70H,9-10,12,14-17,19-23,29-31,33-35H2,1-4H3,(H,59,62)(H,63,69)/t37?,46-,50-,52-,57?/m0/s1. The van der Waals surface area contributed by atoms with Gasteiger partial charge < -0.3 is 44.2 Å². The van der Waals surface area contributed by atoms with Gasteiger partial charge in [-0.1, -0.05) is 0 Å². The number of nitrogens with one attached hydrogen (secondary N) is 3. The molecule has 6 aliphatic rings. The maximum absolute atomic E-state index is 14.8. The summed E-state index contributed by atoms with van der Waals surface area (Å²) in [4.78, 5) is 49.9. The number of piperidine rings is 1. The van der Waals surface area contributed by atoms with Crippen molar-refractivity contribution < 1.29 is 42.2 Å². The Bertz CT molecular complexity index is 3400. The molecule has 3 saturated heterocycles. The van der Waals surface area contributed by atoms with E-state index in [1.54, 1.807) is 20.3 Å². The van der Waals surface area contributed by atoms with E-state index in [-0.39, 0.29) is 34.7 Å². The molecular weight excluding hydrogens is 1060 g/mol. The third-order valence-electron chi connectivity index (χ3n) is 18.0. The van der Waals surface area contributed by atoms with Gasteiger partial charge in [-0.2, -0.15) is 4.98 Å². The molecule has 424 valence electrons. The van der Waals surface area contributed by atoms with Crippen molar-refractivity contribution in [1.29, 1.82) is 0 Å². The number of methoxy groups -OCH3 is 2. The van der Waals surface area contributed by atoms with E-state index in [1.807, 2.05) is 61.0 Å². The van der Waals surface area contributed by atoms with Gasteiger partial charge in [-0.3, -0.25) is 24.7 Å². The van der Waals surface area contributed by atoms with Gasteiger partial charge in [0, 0.05) is 98.9 Å². The van der Waals surface area contributed by atoms with Gasteiger partial charge >= 0.3 is 0 Å². The Morgan fingerprint density at radius 1 is 0.988 bits per heavy atom. The zero-order valence-corrected chi connectivity index (χ0v) is 47.3. The lowest BCUT2D eigenvalue weighted by molar-refractivity contribution is -0.384. The zero-order chi connectivity index (χ0) is 55.5. The average molecular weight is 1130 g/mol. The number of piperazine rings is 1. The number of nitro groups is 1. The summed E-state index contributed by atoms with van der Waals surface area (Å²) in [5.41, 5.74) is 4.51. The smallest absolute Gasteiger partial charge is 0.293 e. The number of amides is 1. The molecule has 2 aliphatic carbocycles. The minimum absolute atomic E-state index is 0.107. The van der Waals surface area contributed by atoms with Crippen LogP contribution in [-0.2, 0) is 21.3 Å². The quantitative estimate of drug-likeness (QED) is 0.0556. The van der Waals surface area contributed by atoms with Gasteiger partial charge in [0.15, 0.2) is 5.75 Å². The number of ether oxygens (including phenoxy) is 4. The van der Waals surface area contributed by atoms with Gasteiger partial charge in [0.2, 0.25) is 5.88 Å². The van der Waals surface area contributed by atoms with Gasteiger partial charge in [-0.15, -0.1) is 11.3 Å². The number of pyridine rings is 2. The number of carbonyl (C=O) groups excluding carboxylic acids is 1. The van der Waals surface area contributed by atoms with Gasteiger partial charge in [0.1, 0.15) is 23.1 Å². The molecule has 1 amide bonds. The minimum Gasteiger partial charge on any atom is -0.491 e. The second-order valence-corrected chi connectivity index (χ2v) is 25.9. The van der Waals surface area contributed by atoms with Crippen molar-refractivity contribution in [3.05, 3.63) is 110 Å². The molecule has 6 aromatic rings. The molecule has 80 heavy (non-hydrogen) atoms. The molecule has 4 aromatic heterocycles. The van der Waals surface area contributed by atoms with Crippen LogP contribution in [0.4, 0.5) is 28.4 Å². The van der Waals surface area contributed by atoms with Crippen LogP contribution in [0.5, 0.6) is 17.5 Å². The number of carbonyl (C=O) groups is 1. The summed E-state index contributed by atoms with van der Waals surface area (Å²) in [5.74, 6) is 0.779. The number of rotatable bonds is 15.